The predicted octanol–water partition coefficient (Wildman–Crippen LogP) is 4.85. The number of benzene rings is 1. The van der Waals surface area contributed by atoms with Crippen LogP contribution in [0.25, 0.3) is 0 Å². The van der Waals surface area contributed by atoms with E-state index < -0.39 is 0 Å². The number of amides is 1. The molecule has 0 saturated carbocycles. The molecule has 1 aliphatic carbocycles. The van der Waals surface area contributed by atoms with E-state index in [2.05, 4.69) is 38.4 Å². The Morgan fingerprint density at radius 3 is 2.83 bits per heavy atom. The highest BCUT2D eigenvalue weighted by Gasteiger charge is 2.28. The van der Waals surface area contributed by atoms with Crippen molar-refractivity contribution >= 4 is 23.5 Å². The molecule has 0 radical (unpaired) electrons. The van der Waals surface area contributed by atoms with Crippen molar-refractivity contribution in [3.63, 3.8) is 0 Å². The van der Waals surface area contributed by atoms with Crippen LogP contribution < -0.4 is 10.2 Å². The molecule has 5 nitrogen and oxygen atoms in total. The number of piperidine rings is 1. The first kappa shape index (κ1) is 20.9. The highest BCUT2D eigenvalue weighted by atomic mass is 32.2. The summed E-state index contributed by atoms with van der Waals surface area (Å²) in [6, 6.07) is 10.2. The number of hydrogen-bond donors (Lipinski definition) is 1. The third-order valence-electron chi connectivity index (χ3n) is 5.83. The number of nitrogens with zero attached hydrogens (tertiary/aromatic N) is 3. The van der Waals surface area contributed by atoms with Gasteiger partial charge >= 0.3 is 0 Å². The van der Waals surface area contributed by atoms with Crippen LogP contribution in [0.1, 0.15) is 44.9 Å². The van der Waals surface area contributed by atoms with E-state index in [0.717, 1.165) is 48.1 Å². The van der Waals surface area contributed by atoms with Crippen LogP contribution in [-0.4, -0.2) is 35.5 Å². The first-order valence-corrected chi connectivity index (χ1v) is 11.9. The molecule has 0 bridgehead atoms. The van der Waals surface area contributed by atoms with Crippen LogP contribution in [0.5, 0.6) is 0 Å². The fraction of sp³-hybridized carbons (Fsp3) is 0.458. The Hall–Kier alpha value is -2.34. The molecule has 1 fully saturated rings. The number of nitrogens with one attached hydrogen (secondary N) is 1. The monoisotopic (exact) mass is 422 g/mol. The van der Waals surface area contributed by atoms with Gasteiger partial charge in [0.25, 0.3) is 0 Å². The zero-order valence-electron chi connectivity index (χ0n) is 17.4. The van der Waals surface area contributed by atoms with E-state index in [1.807, 2.05) is 18.2 Å². The first-order valence-electron chi connectivity index (χ1n) is 11.0. The molecule has 1 saturated heterocycles. The summed E-state index contributed by atoms with van der Waals surface area (Å²) in [6.07, 6.45) is 13.8. The summed E-state index contributed by atoms with van der Waals surface area (Å²) in [5, 5.41) is 4.08. The van der Waals surface area contributed by atoms with Gasteiger partial charge in [-0.2, -0.15) is 0 Å². The van der Waals surface area contributed by atoms with Crippen LogP contribution in [0, 0.1) is 5.92 Å². The van der Waals surface area contributed by atoms with Crippen LogP contribution in [0.15, 0.2) is 64.3 Å². The average Bonchev–Trinajstić information content (AvgIpc) is 2.81. The number of hydrogen-bond acceptors (Lipinski definition) is 5. The van der Waals surface area contributed by atoms with Crippen molar-refractivity contribution in [3.05, 3.63) is 54.4 Å². The van der Waals surface area contributed by atoms with Crippen LogP contribution in [0.3, 0.4) is 0 Å². The smallest absolute Gasteiger partial charge is 0.224 e. The fourth-order valence-corrected chi connectivity index (χ4v) is 5.12. The summed E-state index contributed by atoms with van der Waals surface area (Å²) in [5.41, 5.74) is 1.51. The quantitative estimate of drug-likeness (QED) is 0.646. The molecular weight excluding hydrogens is 392 g/mol. The number of carbonyl (C=O) groups excluding carboxylic acids is 1. The predicted molar refractivity (Wildman–Crippen MR) is 122 cm³/mol. The Morgan fingerprint density at radius 1 is 1.13 bits per heavy atom. The summed E-state index contributed by atoms with van der Waals surface area (Å²) in [4.78, 5) is 25.4. The van der Waals surface area contributed by atoms with Crippen molar-refractivity contribution in [2.75, 3.05) is 24.5 Å². The molecule has 1 N–H and O–H groups in total. The molecule has 30 heavy (non-hydrogen) atoms. The van der Waals surface area contributed by atoms with Crippen LogP contribution in [-0.2, 0) is 4.79 Å². The lowest BCUT2D eigenvalue weighted by Crippen LogP contribution is -2.43. The average molecular weight is 423 g/mol. The van der Waals surface area contributed by atoms with Crippen LogP contribution >= 0.6 is 11.8 Å². The van der Waals surface area contributed by atoms with E-state index >= 15 is 0 Å². The largest absolute Gasteiger partial charge is 0.355 e. The number of allylic oxidation sites excluding steroid dienone is 1. The second-order valence-corrected chi connectivity index (χ2v) is 9.10. The molecule has 158 valence electrons. The minimum Gasteiger partial charge on any atom is -0.355 e. The van der Waals surface area contributed by atoms with Crippen molar-refractivity contribution in [1.82, 2.24) is 15.3 Å². The number of aromatic nitrogens is 2. The lowest BCUT2D eigenvalue weighted by atomic mass is 9.96. The lowest BCUT2D eigenvalue weighted by molar-refractivity contribution is -0.125. The van der Waals surface area contributed by atoms with E-state index in [-0.39, 0.29) is 11.8 Å². The first-order chi connectivity index (χ1) is 14.8. The minimum absolute atomic E-state index is 0.00988. The van der Waals surface area contributed by atoms with Gasteiger partial charge in [0.15, 0.2) is 5.82 Å². The fourth-order valence-electron chi connectivity index (χ4n) is 4.21. The van der Waals surface area contributed by atoms with Gasteiger partial charge in [-0.05, 0) is 57.1 Å². The summed E-state index contributed by atoms with van der Waals surface area (Å²) >= 11 is 1.63. The second kappa shape index (κ2) is 10.6. The third-order valence-corrected chi connectivity index (χ3v) is 6.82. The molecule has 1 aromatic heterocycles. The molecule has 6 heteroatoms. The lowest BCUT2D eigenvalue weighted by Gasteiger charge is -2.33. The van der Waals surface area contributed by atoms with E-state index in [9.17, 15) is 4.79 Å². The Kier molecular flexibility index (Phi) is 7.40. The highest BCUT2D eigenvalue weighted by molar-refractivity contribution is 7.99. The van der Waals surface area contributed by atoms with Gasteiger partial charge in [0.1, 0.15) is 5.03 Å². The third kappa shape index (κ3) is 5.63. The van der Waals surface area contributed by atoms with Gasteiger partial charge in [-0.3, -0.25) is 4.79 Å². The molecule has 2 aromatic rings. The Balaban J connectivity index is 1.35. The van der Waals surface area contributed by atoms with Gasteiger partial charge in [0, 0.05) is 36.9 Å². The van der Waals surface area contributed by atoms with E-state index in [0.29, 0.717) is 6.54 Å². The van der Waals surface area contributed by atoms with E-state index in [4.69, 9.17) is 0 Å². The van der Waals surface area contributed by atoms with Crippen molar-refractivity contribution < 1.29 is 4.79 Å². The van der Waals surface area contributed by atoms with Gasteiger partial charge in [0.2, 0.25) is 5.91 Å². The molecule has 1 atom stereocenters. The molecular formula is C24H30N4OS. The highest BCUT2D eigenvalue weighted by Crippen LogP contribution is 2.33. The van der Waals surface area contributed by atoms with E-state index in [1.54, 1.807) is 24.2 Å². The summed E-state index contributed by atoms with van der Waals surface area (Å²) < 4.78 is 0. The van der Waals surface area contributed by atoms with Crippen LogP contribution in [0.4, 0.5) is 5.82 Å². The summed E-state index contributed by atoms with van der Waals surface area (Å²) in [6.45, 7) is 2.37. The maximum absolute atomic E-state index is 12.8. The van der Waals surface area contributed by atoms with Crippen molar-refractivity contribution in [3.8, 4) is 0 Å². The maximum atomic E-state index is 12.8. The van der Waals surface area contributed by atoms with Gasteiger partial charge in [-0.15, -0.1) is 0 Å². The Labute approximate surface area is 183 Å². The molecule has 1 aliphatic heterocycles. The van der Waals surface area contributed by atoms with Crippen molar-refractivity contribution in [2.24, 2.45) is 5.92 Å². The SMILES string of the molecule is O=C(NCCC1=CCCCC1)[C@@H]1CCCN(c2nccnc2Sc2ccccc2)C1. The minimum atomic E-state index is 0.00988. The zero-order chi connectivity index (χ0) is 20.6. The Bertz CT molecular complexity index is 871. The van der Waals surface area contributed by atoms with Gasteiger partial charge in [-0.1, -0.05) is 41.6 Å². The Morgan fingerprint density at radius 2 is 2.00 bits per heavy atom. The number of anilines is 1. The molecule has 1 amide bonds. The van der Waals surface area contributed by atoms with Gasteiger partial charge < -0.3 is 10.2 Å². The van der Waals surface area contributed by atoms with Gasteiger partial charge in [-0.25, -0.2) is 9.97 Å². The van der Waals surface area contributed by atoms with Gasteiger partial charge in [0.05, 0.1) is 5.92 Å². The standard InChI is InChI=1S/C24H30N4OS/c29-23(26-14-13-19-8-3-1-4-9-19)20-10-7-17-28(18-20)22-24(27-16-15-25-22)30-21-11-5-2-6-12-21/h2,5-6,8,11-12,15-16,20H,1,3-4,7,9-10,13-14,17-18H2,(H,26,29)/t20-/m1/s1. The molecule has 2 aliphatic rings. The molecule has 1 aromatic carbocycles. The molecule has 0 unspecified atom stereocenters. The summed E-state index contributed by atoms with van der Waals surface area (Å²) in [7, 11) is 0. The number of carbonyl (C=O) groups is 1. The van der Waals surface area contributed by atoms with E-state index in [1.165, 1.54) is 31.3 Å². The summed E-state index contributed by atoms with van der Waals surface area (Å²) in [5.74, 6) is 1.07. The molecule has 2 heterocycles. The normalized spacial score (nSPS) is 19.3. The topological polar surface area (TPSA) is 58.1 Å². The second-order valence-electron chi connectivity index (χ2n) is 8.03. The van der Waals surface area contributed by atoms with Crippen LogP contribution in [0.2, 0.25) is 0 Å². The van der Waals surface area contributed by atoms with Crippen molar-refractivity contribution in [1.29, 1.82) is 0 Å². The van der Waals surface area contributed by atoms with Crippen molar-refractivity contribution in [2.45, 2.75) is 54.9 Å². The zero-order valence-corrected chi connectivity index (χ0v) is 18.2. The maximum Gasteiger partial charge on any atom is 0.224 e. The number of rotatable bonds is 7. The molecule has 0 spiro atoms. The molecule has 4 rings (SSSR count).